The molecule has 3 unspecified atom stereocenters. The van der Waals surface area contributed by atoms with Gasteiger partial charge in [0.25, 0.3) is 0 Å². The number of esters is 1. The Bertz CT molecular complexity index is 283. The van der Waals surface area contributed by atoms with Gasteiger partial charge in [-0.1, -0.05) is 12.8 Å². The van der Waals surface area contributed by atoms with Gasteiger partial charge < -0.3 is 10.5 Å². The summed E-state index contributed by atoms with van der Waals surface area (Å²) >= 11 is 0. The maximum atomic E-state index is 11.7. The average Bonchev–Trinajstić information content (AvgIpc) is 2.46. The molecule has 0 aromatic heterocycles. The van der Waals surface area contributed by atoms with Gasteiger partial charge >= 0.3 is 5.97 Å². The second kappa shape index (κ2) is 6.53. The molecule has 4 nitrogen and oxygen atoms in total. The fraction of sp³-hybridized carbons (Fsp3) is 0.929. The number of nitrogens with zero attached hydrogens (tertiary/aromatic N) is 1. The third-order valence-corrected chi connectivity index (χ3v) is 4.63. The van der Waals surface area contributed by atoms with Crippen molar-refractivity contribution in [1.82, 2.24) is 4.90 Å². The molecular formula is C14H26N2O2. The van der Waals surface area contributed by atoms with Gasteiger partial charge in [-0.05, 0) is 44.7 Å². The average molecular weight is 254 g/mol. The number of methoxy groups -OCH3 is 1. The molecule has 1 saturated carbocycles. The Morgan fingerprint density at radius 1 is 1.28 bits per heavy atom. The first-order valence-electron chi connectivity index (χ1n) is 7.28. The third kappa shape index (κ3) is 3.04. The highest BCUT2D eigenvalue weighted by Crippen LogP contribution is 2.31. The highest BCUT2D eigenvalue weighted by atomic mass is 16.5. The molecule has 3 atom stereocenters. The molecule has 4 heteroatoms. The molecule has 2 fully saturated rings. The molecule has 104 valence electrons. The lowest BCUT2D eigenvalue weighted by molar-refractivity contribution is -0.148. The van der Waals surface area contributed by atoms with Crippen LogP contribution in [0.25, 0.3) is 0 Å². The predicted molar refractivity (Wildman–Crippen MR) is 71.1 cm³/mol. The Balaban J connectivity index is 1.96. The molecule has 0 bridgehead atoms. The standard InChI is InChI=1S/C14H26N2O2/c1-18-14(17)12-6-4-8-16(10-12)13-7-3-2-5-11(13)9-15/h11-13H,2-10,15H2,1H3. The molecule has 0 spiro atoms. The van der Waals surface area contributed by atoms with E-state index in [9.17, 15) is 4.79 Å². The van der Waals surface area contributed by atoms with Crippen LogP contribution in [0, 0.1) is 11.8 Å². The maximum absolute atomic E-state index is 11.7. The monoisotopic (exact) mass is 254 g/mol. The SMILES string of the molecule is COC(=O)C1CCCN(C2CCCCC2CN)C1. The minimum atomic E-state index is -0.0418. The fourth-order valence-electron chi connectivity index (χ4n) is 3.61. The van der Waals surface area contributed by atoms with Crippen LogP contribution in [0.3, 0.4) is 0 Å². The number of piperidine rings is 1. The van der Waals surface area contributed by atoms with Crippen molar-refractivity contribution in [3.8, 4) is 0 Å². The lowest BCUT2D eigenvalue weighted by Crippen LogP contribution is -2.50. The fourth-order valence-corrected chi connectivity index (χ4v) is 3.61. The molecule has 2 aliphatic rings. The van der Waals surface area contributed by atoms with Crippen LogP contribution in [0.1, 0.15) is 38.5 Å². The summed E-state index contributed by atoms with van der Waals surface area (Å²) in [4.78, 5) is 14.2. The number of carbonyl (C=O) groups excluding carboxylic acids is 1. The zero-order chi connectivity index (χ0) is 13.0. The minimum absolute atomic E-state index is 0.0418. The first-order valence-corrected chi connectivity index (χ1v) is 7.28. The second-order valence-electron chi connectivity index (χ2n) is 5.70. The molecule has 18 heavy (non-hydrogen) atoms. The van der Waals surface area contributed by atoms with E-state index in [0.29, 0.717) is 12.0 Å². The summed E-state index contributed by atoms with van der Waals surface area (Å²) in [5.41, 5.74) is 5.90. The number of hydrogen-bond donors (Lipinski definition) is 1. The molecular weight excluding hydrogens is 228 g/mol. The Labute approximate surface area is 110 Å². The molecule has 1 aliphatic heterocycles. The van der Waals surface area contributed by atoms with Gasteiger partial charge in [0.05, 0.1) is 13.0 Å². The van der Waals surface area contributed by atoms with Gasteiger partial charge in [-0.15, -0.1) is 0 Å². The first-order chi connectivity index (χ1) is 8.76. The third-order valence-electron chi connectivity index (χ3n) is 4.63. The summed E-state index contributed by atoms with van der Waals surface area (Å²) in [6, 6.07) is 0.594. The summed E-state index contributed by atoms with van der Waals surface area (Å²) in [6.45, 7) is 2.77. The number of nitrogens with two attached hydrogens (primary N) is 1. The first kappa shape index (κ1) is 13.8. The molecule has 0 radical (unpaired) electrons. The molecule has 1 heterocycles. The van der Waals surface area contributed by atoms with Crippen LogP contribution >= 0.6 is 0 Å². The van der Waals surface area contributed by atoms with Gasteiger partial charge in [-0.25, -0.2) is 0 Å². The van der Waals surface area contributed by atoms with Crippen molar-refractivity contribution in [1.29, 1.82) is 0 Å². The van der Waals surface area contributed by atoms with E-state index >= 15 is 0 Å². The van der Waals surface area contributed by atoms with E-state index in [1.807, 2.05) is 0 Å². The van der Waals surface area contributed by atoms with Gasteiger partial charge in [0.15, 0.2) is 0 Å². The van der Waals surface area contributed by atoms with E-state index in [0.717, 1.165) is 32.5 Å². The van der Waals surface area contributed by atoms with Crippen molar-refractivity contribution < 1.29 is 9.53 Å². The Morgan fingerprint density at radius 3 is 2.78 bits per heavy atom. The van der Waals surface area contributed by atoms with Crippen molar-refractivity contribution in [2.45, 2.75) is 44.6 Å². The number of ether oxygens (including phenoxy) is 1. The Hall–Kier alpha value is -0.610. The Kier molecular flexibility index (Phi) is 5.01. The molecule has 2 rings (SSSR count). The van der Waals surface area contributed by atoms with Crippen LogP contribution in [0.4, 0.5) is 0 Å². The van der Waals surface area contributed by atoms with Gasteiger partial charge in [0.1, 0.15) is 0 Å². The van der Waals surface area contributed by atoms with Crippen molar-refractivity contribution in [3.05, 3.63) is 0 Å². The smallest absolute Gasteiger partial charge is 0.309 e. The number of rotatable bonds is 3. The molecule has 0 aromatic carbocycles. The lowest BCUT2D eigenvalue weighted by atomic mass is 9.82. The van der Waals surface area contributed by atoms with E-state index in [4.69, 9.17) is 10.5 Å². The summed E-state index contributed by atoms with van der Waals surface area (Å²) in [5.74, 6) is 0.652. The summed E-state index contributed by atoms with van der Waals surface area (Å²) in [5, 5.41) is 0. The van der Waals surface area contributed by atoms with Gasteiger partial charge in [-0.2, -0.15) is 0 Å². The van der Waals surface area contributed by atoms with Crippen molar-refractivity contribution in [2.24, 2.45) is 17.6 Å². The zero-order valence-corrected chi connectivity index (χ0v) is 11.4. The van der Waals surface area contributed by atoms with Crippen LogP contribution in [-0.2, 0) is 9.53 Å². The van der Waals surface area contributed by atoms with Crippen LogP contribution < -0.4 is 5.73 Å². The van der Waals surface area contributed by atoms with Crippen molar-refractivity contribution in [3.63, 3.8) is 0 Å². The van der Waals surface area contributed by atoms with Crippen LogP contribution in [0.2, 0.25) is 0 Å². The van der Waals surface area contributed by atoms with Crippen LogP contribution in [0.15, 0.2) is 0 Å². The topological polar surface area (TPSA) is 55.6 Å². The highest BCUT2D eigenvalue weighted by Gasteiger charge is 2.34. The molecule has 1 saturated heterocycles. The van der Waals surface area contributed by atoms with E-state index in [1.165, 1.54) is 32.8 Å². The summed E-state index contributed by atoms with van der Waals surface area (Å²) in [6.07, 6.45) is 7.19. The summed E-state index contributed by atoms with van der Waals surface area (Å²) < 4.78 is 4.89. The van der Waals surface area contributed by atoms with Crippen molar-refractivity contribution in [2.75, 3.05) is 26.7 Å². The maximum Gasteiger partial charge on any atom is 0.309 e. The predicted octanol–water partition coefficient (Wildman–Crippen LogP) is 1.39. The van der Waals surface area contributed by atoms with E-state index in [2.05, 4.69) is 4.90 Å². The van der Waals surface area contributed by atoms with E-state index < -0.39 is 0 Å². The highest BCUT2D eigenvalue weighted by molar-refractivity contribution is 5.72. The van der Waals surface area contributed by atoms with Gasteiger partial charge in [-0.3, -0.25) is 9.69 Å². The van der Waals surface area contributed by atoms with Crippen LogP contribution in [0.5, 0.6) is 0 Å². The molecule has 1 aliphatic carbocycles. The quantitative estimate of drug-likeness (QED) is 0.773. The molecule has 0 aromatic rings. The second-order valence-corrected chi connectivity index (χ2v) is 5.70. The number of hydrogen-bond acceptors (Lipinski definition) is 4. The van der Waals surface area contributed by atoms with E-state index in [1.54, 1.807) is 0 Å². The zero-order valence-electron chi connectivity index (χ0n) is 11.4. The number of likely N-dealkylation sites (tertiary alicyclic amines) is 1. The van der Waals surface area contributed by atoms with Crippen molar-refractivity contribution >= 4 is 5.97 Å². The minimum Gasteiger partial charge on any atom is -0.469 e. The summed E-state index contributed by atoms with van der Waals surface area (Å²) in [7, 11) is 1.49. The van der Waals surface area contributed by atoms with E-state index in [-0.39, 0.29) is 11.9 Å². The molecule has 0 amide bonds. The largest absolute Gasteiger partial charge is 0.469 e. The number of carbonyl (C=O) groups is 1. The normalized spacial score (nSPS) is 34.2. The van der Waals surface area contributed by atoms with Gasteiger partial charge in [0, 0.05) is 12.6 Å². The van der Waals surface area contributed by atoms with Crippen LogP contribution in [-0.4, -0.2) is 43.7 Å². The molecule has 2 N–H and O–H groups in total. The lowest BCUT2D eigenvalue weighted by Gasteiger charge is -2.43. The van der Waals surface area contributed by atoms with Gasteiger partial charge in [0.2, 0.25) is 0 Å². The Morgan fingerprint density at radius 2 is 2.06 bits per heavy atom.